The Balaban J connectivity index is 1.20. The van der Waals surface area contributed by atoms with E-state index in [0.717, 1.165) is 80.2 Å². The van der Waals surface area contributed by atoms with Gasteiger partial charge >= 0.3 is 5.97 Å². The maximum Gasteiger partial charge on any atom is 0.304 e. The molecule has 5 rings (SSSR count). The average Bonchev–Trinajstić information content (AvgIpc) is 3.51. The van der Waals surface area contributed by atoms with Crippen molar-refractivity contribution in [2.24, 2.45) is 5.92 Å². The number of carbonyl (C=O) groups is 1. The third kappa shape index (κ3) is 5.90. The molecule has 184 valence electrons. The molecule has 0 radical (unpaired) electrons. The summed E-state index contributed by atoms with van der Waals surface area (Å²) in [7, 11) is 0. The highest BCUT2D eigenvalue weighted by Crippen LogP contribution is 2.30. The maximum absolute atomic E-state index is 11.7. The minimum atomic E-state index is -0.749. The molecule has 0 amide bonds. The zero-order valence-electron chi connectivity index (χ0n) is 20.5. The van der Waals surface area contributed by atoms with Gasteiger partial charge < -0.3 is 15.3 Å². The predicted octanol–water partition coefficient (Wildman–Crippen LogP) is 4.65. The minimum absolute atomic E-state index is 0.0383. The van der Waals surface area contributed by atoms with Gasteiger partial charge in [0.15, 0.2) is 0 Å². The quantitative estimate of drug-likeness (QED) is 0.419. The Labute approximate surface area is 207 Å². The van der Waals surface area contributed by atoms with Crippen LogP contribution in [0, 0.1) is 12.8 Å². The van der Waals surface area contributed by atoms with Crippen molar-refractivity contribution in [3.05, 3.63) is 65.0 Å². The number of H-pyrrole nitrogens is 1. The van der Waals surface area contributed by atoms with Crippen LogP contribution < -0.4 is 5.32 Å². The molecule has 2 aromatic heterocycles. The van der Waals surface area contributed by atoms with Crippen LogP contribution in [0.15, 0.2) is 42.5 Å². The second kappa shape index (κ2) is 10.6. The van der Waals surface area contributed by atoms with E-state index in [1.54, 1.807) is 0 Å². The van der Waals surface area contributed by atoms with E-state index >= 15 is 0 Å². The van der Waals surface area contributed by atoms with Crippen LogP contribution in [0.1, 0.15) is 54.1 Å². The van der Waals surface area contributed by atoms with Crippen LogP contribution in [0.2, 0.25) is 0 Å². The average molecular weight is 474 g/mol. The number of anilines is 1. The fourth-order valence-electron chi connectivity index (χ4n) is 5.51. The molecular formula is C28H35N5O2. The Morgan fingerprint density at radius 3 is 3.00 bits per heavy atom. The number of aromatic nitrogens is 3. The lowest BCUT2D eigenvalue weighted by atomic mass is 9.93. The monoisotopic (exact) mass is 473 g/mol. The molecule has 1 saturated heterocycles. The van der Waals surface area contributed by atoms with Crippen LogP contribution in [-0.4, -0.2) is 57.3 Å². The first-order chi connectivity index (χ1) is 17.0. The second-order valence-corrected chi connectivity index (χ2v) is 10.1. The zero-order valence-corrected chi connectivity index (χ0v) is 20.5. The molecule has 0 spiro atoms. The number of hydrogen-bond acceptors (Lipinski definition) is 5. The lowest BCUT2D eigenvalue weighted by Crippen LogP contribution is -2.28. The molecule has 7 heteroatoms. The van der Waals surface area contributed by atoms with Crippen LogP contribution in [0.25, 0.3) is 11.3 Å². The number of rotatable bonds is 9. The van der Waals surface area contributed by atoms with Gasteiger partial charge in [-0.3, -0.25) is 9.89 Å². The summed E-state index contributed by atoms with van der Waals surface area (Å²) in [4.78, 5) is 19.0. The fourth-order valence-corrected chi connectivity index (χ4v) is 5.51. The molecule has 7 nitrogen and oxygen atoms in total. The molecule has 2 atom stereocenters. The van der Waals surface area contributed by atoms with E-state index in [-0.39, 0.29) is 12.3 Å². The van der Waals surface area contributed by atoms with Crippen molar-refractivity contribution in [2.45, 2.75) is 51.4 Å². The van der Waals surface area contributed by atoms with E-state index in [1.165, 1.54) is 17.7 Å². The molecule has 2 aliphatic rings. The molecule has 0 bridgehead atoms. The van der Waals surface area contributed by atoms with Crippen LogP contribution in [0.4, 0.5) is 5.82 Å². The Morgan fingerprint density at radius 1 is 1.26 bits per heavy atom. The summed E-state index contributed by atoms with van der Waals surface area (Å²) in [5.74, 6) is 0.917. The van der Waals surface area contributed by atoms with Gasteiger partial charge in [-0.15, -0.1) is 0 Å². The second-order valence-electron chi connectivity index (χ2n) is 10.1. The van der Waals surface area contributed by atoms with Gasteiger partial charge in [0.2, 0.25) is 0 Å². The molecule has 3 N–H and O–H groups in total. The summed E-state index contributed by atoms with van der Waals surface area (Å²) < 4.78 is 0. The van der Waals surface area contributed by atoms with Gasteiger partial charge in [0.1, 0.15) is 5.82 Å². The summed E-state index contributed by atoms with van der Waals surface area (Å²) in [6.45, 7) is 5.80. The third-order valence-electron chi connectivity index (χ3n) is 7.41. The summed E-state index contributed by atoms with van der Waals surface area (Å²) in [6, 6.07) is 14.7. The third-order valence-corrected chi connectivity index (χ3v) is 7.41. The largest absolute Gasteiger partial charge is 0.481 e. The van der Waals surface area contributed by atoms with Gasteiger partial charge in [-0.25, -0.2) is 4.98 Å². The first-order valence-electron chi connectivity index (χ1n) is 12.8. The molecule has 3 aromatic rings. The number of aliphatic carboxylic acids is 1. The van der Waals surface area contributed by atoms with Crippen LogP contribution in [-0.2, 0) is 17.6 Å². The van der Waals surface area contributed by atoms with Crippen molar-refractivity contribution in [3.63, 3.8) is 0 Å². The van der Waals surface area contributed by atoms with Crippen molar-refractivity contribution in [1.82, 2.24) is 20.1 Å². The Bertz CT molecular complexity index is 1170. The van der Waals surface area contributed by atoms with Crippen molar-refractivity contribution in [2.75, 3.05) is 31.5 Å². The summed E-state index contributed by atoms with van der Waals surface area (Å²) in [6.07, 6.45) is 5.73. The van der Waals surface area contributed by atoms with E-state index in [4.69, 9.17) is 4.98 Å². The smallest absolute Gasteiger partial charge is 0.304 e. The number of likely N-dealkylation sites (tertiary alicyclic amines) is 1. The molecule has 0 aliphatic carbocycles. The molecule has 2 unspecified atom stereocenters. The van der Waals surface area contributed by atoms with E-state index in [9.17, 15) is 9.90 Å². The van der Waals surface area contributed by atoms with E-state index in [1.807, 2.05) is 25.1 Å². The Morgan fingerprint density at radius 2 is 2.17 bits per heavy atom. The van der Waals surface area contributed by atoms with Gasteiger partial charge in [0.25, 0.3) is 0 Å². The number of nitrogens with zero attached hydrogens (tertiary/aromatic N) is 3. The number of aryl methyl sites for hydroxylation is 3. The molecule has 0 saturated carbocycles. The molecule has 4 heterocycles. The number of pyridine rings is 1. The van der Waals surface area contributed by atoms with Gasteiger partial charge in [-0.05, 0) is 86.4 Å². The predicted molar refractivity (Wildman–Crippen MR) is 138 cm³/mol. The summed E-state index contributed by atoms with van der Waals surface area (Å²) >= 11 is 0. The highest BCUT2D eigenvalue weighted by atomic mass is 16.4. The van der Waals surface area contributed by atoms with Gasteiger partial charge in [0, 0.05) is 31.2 Å². The molecule has 2 aliphatic heterocycles. The van der Waals surface area contributed by atoms with E-state index < -0.39 is 5.97 Å². The van der Waals surface area contributed by atoms with Crippen LogP contribution in [0.3, 0.4) is 0 Å². The summed E-state index contributed by atoms with van der Waals surface area (Å²) in [5, 5.41) is 20.3. The van der Waals surface area contributed by atoms with Crippen molar-refractivity contribution in [3.8, 4) is 11.3 Å². The van der Waals surface area contributed by atoms with Crippen molar-refractivity contribution in [1.29, 1.82) is 0 Å². The van der Waals surface area contributed by atoms with Crippen LogP contribution >= 0.6 is 0 Å². The number of hydrogen-bond donors (Lipinski definition) is 3. The van der Waals surface area contributed by atoms with E-state index in [2.05, 4.69) is 44.7 Å². The van der Waals surface area contributed by atoms with Crippen molar-refractivity contribution < 1.29 is 9.90 Å². The summed E-state index contributed by atoms with van der Waals surface area (Å²) in [5.41, 5.74) is 6.54. The minimum Gasteiger partial charge on any atom is -0.481 e. The maximum atomic E-state index is 11.7. The number of fused-ring (bicyclic) bond motifs is 1. The highest BCUT2D eigenvalue weighted by molar-refractivity contribution is 5.68. The molecular weight excluding hydrogens is 438 g/mol. The first kappa shape index (κ1) is 23.5. The number of benzene rings is 1. The standard InChI is InChI=1S/C28H35N5O2/c1-19-14-26(32-31-19)23-5-2-4-22(15-23)24(16-27(34)35)18-33-13-11-20(17-33)7-9-25-10-8-21-6-3-12-29-28(21)30-25/h2,4-5,8,10,14-15,20,24H,3,6-7,9,11-13,16-18H2,1H3,(H,29,30)(H,31,32)(H,34,35). The van der Waals surface area contributed by atoms with Crippen LogP contribution in [0.5, 0.6) is 0 Å². The molecule has 1 aromatic carbocycles. The highest BCUT2D eigenvalue weighted by Gasteiger charge is 2.27. The van der Waals surface area contributed by atoms with E-state index in [0.29, 0.717) is 5.92 Å². The number of aromatic amines is 1. The number of nitrogens with one attached hydrogen (secondary N) is 2. The lowest BCUT2D eigenvalue weighted by Gasteiger charge is -2.23. The van der Waals surface area contributed by atoms with Crippen molar-refractivity contribution >= 4 is 11.8 Å². The lowest BCUT2D eigenvalue weighted by molar-refractivity contribution is -0.137. The fraction of sp³-hybridized carbons (Fsp3) is 0.464. The van der Waals surface area contributed by atoms with Gasteiger partial charge in [0.05, 0.1) is 17.8 Å². The molecule has 1 fully saturated rings. The Hall–Kier alpha value is -3.19. The topological polar surface area (TPSA) is 94.1 Å². The zero-order chi connectivity index (χ0) is 24.2. The normalized spacial score (nSPS) is 18.7. The number of carboxylic acids is 1. The number of carboxylic acid groups (broad SMARTS) is 1. The SMILES string of the molecule is Cc1cc(-c2cccc(C(CC(=O)O)CN3CCC(CCc4ccc5c(n4)NCCC5)C3)c2)[nH]n1. The van der Waals surface area contributed by atoms with Gasteiger partial charge in [-0.1, -0.05) is 24.3 Å². The Kier molecular flexibility index (Phi) is 7.13. The van der Waals surface area contributed by atoms with Gasteiger partial charge in [-0.2, -0.15) is 5.10 Å². The molecule has 35 heavy (non-hydrogen) atoms. The first-order valence-corrected chi connectivity index (χ1v) is 12.8.